The molecule has 2 N–H and O–H groups in total. The van der Waals surface area contributed by atoms with Crippen LogP contribution < -0.4 is 16.2 Å². The number of halogens is 1. The molecule has 0 fully saturated rings. The summed E-state index contributed by atoms with van der Waals surface area (Å²) in [6.07, 6.45) is 3.69. The second-order valence-electron chi connectivity index (χ2n) is 5.93. The predicted octanol–water partition coefficient (Wildman–Crippen LogP) is 2.04. The van der Waals surface area contributed by atoms with Gasteiger partial charge >= 0.3 is 0 Å². The van der Waals surface area contributed by atoms with Gasteiger partial charge in [-0.1, -0.05) is 6.07 Å². The van der Waals surface area contributed by atoms with Gasteiger partial charge in [0.25, 0.3) is 5.56 Å². The van der Waals surface area contributed by atoms with E-state index in [4.69, 9.17) is 0 Å². The van der Waals surface area contributed by atoms with Gasteiger partial charge in [0.05, 0.1) is 12.2 Å². The monoisotopic (exact) mass is 472 g/mol. The van der Waals surface area contributed by atoms with E-state index < -0.39 is 0 Å². The Kier molecular flexibility index (Phi) is 10.0. The summed E-state index contributed by atoms with van der Waals surface area (Å²) in [5.41, 5.74) is 2.14. The first-order valence-electron chi connectivity index (χ1n) is 8.77. The van der Waals surface area contributed by atoms with E-state index >= 15 is 0 Å². The Morgan fingerprint density at radius 1 is 1.23 bits per heavy atom. The summed E-state index contributed by atoms with van der Waals surface area (Å²) in [5.74, 6) is 0.803. The van der Waals surface area contributed by atoms with Crippen LogP contribution in [0.1, 0.15) is 31.2 Å². The number of nitrogens with zero attached hydrogens (tertiary/aromatic N) is 4. The van der Waals surface area contributed by atoms with Crippen LogP contribution in [-0.4, -0.2) is 33.4 Å². The van der Waals surface area contributed by atoms with E-state index in [0.29, 0.717) is 6.54 Å². The van der Waals surface area contributed by atoms with Crippen molar-refractivity contribution in [3.8, 4) is 0 Å². The molecule has 7 nitrogen and oxygen atoms in total. The molecule has 8 heteroatoms. The summed E-state index contributed by atoms with van der Waals surface area (Å²) in [6.45, 7) is 6.98. The molecule has 0 aliphatic carbocycles. The highest BCUT2D eigenvalue weighted by molar-refractivity contribution is 14.0. The van der Waals surface area contributed by atoms with Gasteiger partial charge in [0.2, 0.25) is 0 Å². The predicted molar refractivity (Wildman–Crippen MR) is 116 cm³/mol. The molecule has 2 aromatic rings. The number of aryl methyl sites for hydroxylation is 2. The van der Waals surface area contributed by atoms with Crippen LogP contribution in [0.25, 0.3) is 0 Å². The molecule has 2 heterocycles. The number of pyridine rings is 1. The van der Waals surface area contributed by atoms with Crippen molar-refractivity contribution >= 4 is 29.9 Å². The Balaban J connectivity index is 0.00000338. The quantitative estimate of drug-likeness (QED) is 0.267. The first kappa shape index (κ1) is 22.2. The number of guanidine groups is 1. The molecule has 0 atom stereocenters. The Morgan fingerprint density at radius 2 is 2.04 bits per heavy atom. The number of hydrogen-bond donors (Lipinski definition) is 2. The third-order valence-electron chi connectivity index (χ3n) is 4.03. The van der Waals surface area contributed by atoms with E-state index in [9.17, 15) is 4.79 Å². The molecule has 0 bridgehead atoms. The van der Waals surface area contributed by atoms with Gasteiger partial charge in [-0.15, -0.1) is 24.0 Å². The number of unbranched alkanes of at least 4 members (excludes halogenated alkanes) is 1. The van der Waals surface area contributed by atoms with Gasteiger partial charge in [-0.3, -0.25) is 9.48 Å². The van der Waals surface area contributed by atoms with Gasteiger partial charge in [0.15, 0.2) is 5.96 Å². The lowest BCUT2D eigenvalue weighted by Gasteiger charge is -2.12. The van der Waals surface area contributed by atoms with Crippen molar-refractivity contribution in [3.63, 3.8) is 0 Å². The summed E-state index contributed by atoms with van der Waals surface area (Å²) in [5, 5.41) is 10.7. The second-order valence-corrected chi connectivity index (χ2v) is 5.93. The number of aromatic nitrogens is 3. The van der Waals surface area contributed by atoms with Crippen LogP contribution >= 0.6 is 24.0 Å². The maximum absolute atomic E-state index is 11.8. The van der Waals surface area contributed by atoms with Gasteiger partial charge in [0.1, 0.15) is 0 Å². The molecule has 0 spiro atoms. The number of rotatable bonds is 8. The average molecular weight is 472 g/mol. The smallest absolute Gasteiger partial charge is 0.250 e. The van der Waals surface area contributed by atoms with Crippen LogP contribution in [0, 0.1) is 6.92 Å². The fraction of sp³-hybridized carbons (Fsp3) is 0.500. The van der Waals surface area contributed by atoms with Gasteiger partial charge in [-0.05, 0) is 38.8 Å². The van der Waals surface area contributed by atoms with Crippen molar-refractivity contribution in [3.05, 3.63) is 52.2 Å². The van der Waals surface area contributed by atoms with E-state index in [1.54, 1.807) is 18.3 Å². The van der Waals surface area contributed by atoms with Crippen molar-refractivity contribution < 1.29 is 0 Å². The molecule has 26 heavy (non-hydrogen) atoms. The molecule has 0 aliphatic heterocycles. The van der Waals surface area contributed by atoms with Gasteiger partial charge in [0, 0.05) is 44.6 Å². The normalized spacial score (nSPS) is 11.1. The highest BCUT2D eigenvalue weighted by atomic mass is 127. The lowest BCUT2D eigenvalue weighted by atomic mass is 10.3. The zero-order valence-corrected chi connectivity index (χ0v) is 18.1. The summed E-state index contributed by atoms with van der Waals surface area (Å²) in [6, 6.07) is 7.35. The Hall–Kier alpha value is -1.84. The van der Waals surface area contributed by atoms with E-state index in [1.165, 1.54) is 0 Å². The lowest BCUT2D eigenvalue weighted by molar-refractivity contribution is 0.574. The van der Waals surface area contributed by atoms with Gasteiger partial charge < -0.3 is 15.2 Å². The molecule has 0 aliphatic rings. The highest BCUT2D eigenvalue weighted by Crippen LogP contribution is 1.99. The average Bonchev–Trinajstić information content (AvgIpc) is 2.99. The number of hydrogen-bond acceptors (Lipinski definition) is 3. The first-order valence-corrected chi connectivity index (χ1v) is 8.77. The van der Waals surface area contributed by atoms with Crippen molar-refractivity contribution in [1.29, 1.82) is 0 Å². The molecule has 2 aromatic heterocycles. The molecule has 0 aromatic carbocycles. The Bertz CT molecular complexity index is 752. The topological polar surface area (TPSA) is 76.2 Å². The molecule has 2 rings (SSSR count). The SMILES string of the molecule is CCNC(=NCc1ccnn1C)NCCCCn1c(C)cccc1=O.I. The van der Waals surface area contributed by atoms with E-state index in [-0.39, 0.29) is 29.5 Å². The number of aliphatic imine (C=N–C) groups is 1. The zero-order chi connectivity index (χ0) is 18.1. The molecular formula is C18H29IN6O. The Labute approximate surface area is 171 Å². The van der Waals surface area contributed by atoms with Crippen LogP contribution in [-0.2, 0) is 20.1 Å². The second kappa shape index (κ2) is 11.7. The van der Waals surface area contributed by atoms with Crippen molar-refractivity contribution in [1.82, 2.24) is 25.0 Å². The highest BCUT2D eigenvalue weighted by Gasteiger charge is 2.01. The number of nitrogens with one attached hydrogen (secondary N) is 2. The summed E-state index contributed by atoms with van der Waals surface area (Å²) in [7, 11) is 1.92. The molecular weight excluding hydrogens is 443 g/mol. The van der Waals surface area contributed by atoms with Crippen LogP contribution in [0.3, 0.4) is 0 Å². The molecule has 0 saturated heterocycles. The van der Waals surface area contributed by atoms with Crippen LogP contribution in [0.5, 0.6) is 0 Å². The lowest BCUT2D eigenvalue weighted by Crippen LogP contribution is -2.37. The Morgan fingerprint density at radius 3 is 2.69 bits per heavy atom. The third kappa shape index (κ3) is 6.81. The standard InChI is InChI=1S/C18H28N6O.HI/c1-4-19-18(21-14-16-10-12-22-23(16)3)20-11-5-6-13-24-15(2)8-7-9-17(24)25;/h7-10,12H,4-6,11,13-14H2,1-3H3,(H2,19,20,21);1H. The third-order valence-corrected chi connectivity index (χ3v) is 4.03. The fourth-order valence-electron chi connectivity index (χ4n) is 2.57. The molecule has 144 valence electrons. The minimum absolute atomic E-state index is 0. The van der Waals surface area contributed by atoms with Gasteiger partial charge in [-0.25, -0.2) is 4.99 Å². The van der Waals surface area contributed by atoms with Crippen molar-refractivity contribution in [2.45, 2.75) is 39.8 Å². The van der Waals surface area contributed by atoms with Crippen LogP contribution in [0.4, 0.5) is 0 Å². The molecule has 0 saturated carbocycles. The minimum atomic E-state index is 0. The van der Waals surface area contributed by atoms with E-state index in [0.717, 1.165) is 49.8 Å². The summed E-state index contributed by atoms with van der Waals surface area (Å²) < 4.78 is 3.65. The van der Waals surface area contributed by atoms with E-state index in [2.05, 4.69) is 20.7 Å². The largest absolute Gasteiger partial charge is 0.357 e. The zero-order valence-electron chi connectivity index (χ0n) is 15.7. The van der Waals surface area contributed by atoms with Crippen LogP contribution in [0.2, 0.25) is 0 Å². The summed E-state index contributed by atoms with van der Waals surface area (Å²) >= 11 is 0. The van der Waals surface area contributed by atoms with Gasteiger partial charge in [-0.2, -0.15) is 5.10 Å². The molecule has 0 amide bonds. The van der Waals surface area contributed by atoms with Crippen LogP contribution in [0.15, 0.2) is 40.2 Å². The molecule has 0 radical (unpaired) electrons. The maximum atomic E-state index is 11.8. The maximum Gasteiger partial charge on any atom is 0.250 e. The summed E-state index contributed by atoms with van der Waals surface area (Å²) in [4.78, 5) is 16.4. The van der Waals surface area contributed by atoms with Crippen molar-refractivity contribution in [2.24, 2.45) is 12.0 Å². The first-order chi connectivity index (χ1) is 12.1. The molecule has 0 unspecified atom stereocenters. The van der Waals surface area contributed by atoms with E-state index in [1.807, 2.05) is 42.3 Å². The minimum Gasteiger partial charge on any atom is -0.357 e. The fourth-order valence-corrected chi connectivity index (χ4v) is 2.57. The van der Waals surface area contributed by atoms with Crippen molar-refractivity contribution in [2.75, 3.05) is 13.1 Å².